The Bertz CT molecular complexity index is 623. The Morgan fingerprint density at radius 3 is 2.80 bits per heavy atom. The number of benzene rings is 1. The van der Waals surface area contributed by atoms with Crippen LogP contribution in [0.3, 0.4) is 0 Å². The van der Waals surface area contributed by atoms with Crippen LogP contribution in [0.15, 0.2) is 30.6 Å². The van der Waals surface area contributed by atoms with E-state index in [-0.39, 0.29) is 10.6 Å². The highest BCUT2D eigenvalue weighted by Crippen LogP contribution is 2.35. The lowest BCUT2D eigenvalue weighted by molar-refractivity contribution is -0.383. The second-order valence-corrected chi connectivity index (χ2v) is 4.56. The molecule has 7 nitrogen and oxygen atoms in total. The summed E-state index contributed by atoms with van der Waals surface area (Å²) < 4.78 is 1.71. The quantitative estimate of drug-likeness (QED) is 0.667. The molecule has 0 amide bonds. The zero-order chi connectivity index (χ0) is 14.7. The third-order valence-corrected chi connectivity index (χ3v) is 3.06. The first-order chi connectivity index (χ1) is 9.52. The molecule has 1 aromatic heterocycles. The molecule has 2 aromatic rings. The highest BCUT2D eigenvalue weighted by molar-refractivity contribution is 5.76. The van der Waals surface area contributed by atoms with Gasteiger partial charge in [-0.05, 0) is 12.1 Å². The maximum absolute atomic E-state index is 11.3. The molecule has 0 aliphatic heterocycles. The number of hydrogen-bond acceptors (Lipinski definition) is 5. The normalized spacial score (nSPS) is 10.3. The predicted octanol–water partition coefficient (Wildman–Crippen LogP) is 2.01. The van der Waals surface area contributed by atoms with E-state index < -0.39 is 0 Å². The van der Waals surface area contributed by atoms with Gasteiger partial charge in [0.1, 0.15) is 11.4 Å². The number of nitrogens with zero attached hydrogens (tertiary/aromatic N) is 4. The molecule has 1 heterocycles. The minimum atomic E-state index is -0.360. The average Bonchev–Trinajstić information content (AvgIpc) is 2.82. The second-order valence-electron chi connectivity index (χ2n) is 4.56. The Morgan fingerprint density at radius 2 is 2.25 bits per heavy atom. The van der Waals surface area contributed by atoms with Crippen LogP contribution >= 0.6 is 0 Å². The van der Waals surface area contributed by atoms with Crippen molar-refractivity contribution in [3.05, 3.63) is 46.3 Å². The van der Waals surface area contributed by atoms with Crippen LogP contribution in [0.5, 0.6) is 0 Å². The third kappa shape index (κ3) is 2.71. The van der Waals surface area contributed by atoms with E-state index in [0.717, 1.165) is 5.56 Å². The van der Waals surface area contributed by atoms with Gasteiger partial charge in [0.05, 0.1) is 11.1 Å². The Hall–Kier alpha value is -2.57. The van der Waals surface area contributed by atoms with Crippen molar-refractivity contribution in [3.63, 3.8) is 0 Å². The topological polar surface area (TPSA) is 76.2 Å². The van der Waals surface area contributed by atoms with Crippen LogP contribution in [0.25, 0.3) is 0 Å². The molecule has 0 aliphatic carbocycles. The molecule has 0 bridgehead atoms. The standard InChI is InChI=1S/C13H17N5O2/c1-14-11-5-4-6-12(13(11)18(19)20)16(2)8-10-7-15-17(3)9-10/h4-7,9,14H,8H2,1-3H3. The highest BCUT2D eigenvalue weighted by atomic mass is 16.6. The number of nitro benzene ring substituents is 1. The molecule has 0 fully saturated rings. The Morgan fingerprint density at radius 1 is 1.50 bits per heavy atom. The van der Waals surface area contributed by atoms with E-state index >= 15 is 0 Å². The van der Waals surface area contributed by atoms with Crippen LogP contribution in [0.4, 0.5) is 17.1 Å². The van der Waals surface area contributed by atoms with E-state index in [1.54, 1.807) is 36.1 Å². The van der Waals surface area contributed by atoms with E-state index in [1.165, 1.54) is 0 Å². The molecule has 0 radical (unpaired) electrons. The fourth-order valence-corrected chi connectivity index (χ4v) is 2.15. The summed E-state index contributed by atoms with van der Waals surface area (Å²) in [5, 5.41) is 18.2. The van der Waals surface area contributed by atoms with Gasteiger partial charge in [0.25, 0.3) is 0 Å². The Kier molecular flexibility index (Phi) is 3.88. The molecule has 0 saturated heterocycles. The molecule has 0 spiro atoms. The fraction of sp³-hybridized carbons (Fsp3) is 0.308. The van der Waals surface area contributed by atoms with E-state index in [9.17, 15) is 10.1 Å². The lowest BCUT2D eigenvalue weighted by Gasteiger charge is -2.19. The van der Waals surface area contributed by atoms with Gasteiger partial charge in [-0.3, -0.25) is 14.8 Å². The van der Waals surface area contributed by atoms with Crippen molar-refractivity contribution in [3.8, 4) is 0 Å². The van der Waals surface area contributed by atoms with Crippen molar-refractivity contribution in [1.29, 1.82) is 0 Å². The molecule has 0 aliphatic rings. The molecule has 106 valence electrons. The summed E-state index contributed by atoms with van der Waals surface area (Å²) in [5.41, 5.74) is 2.16. The number of nitro groups is 1. The summed E-state index contributed by atoms with van der Waals surface area (Å²) in [6, 6.07) is 5.24. The number of para-hydroxylation sites is 1. The van der Waals surface area contributed by atoms with Crippen LogP contribution in [0, 0.1) is 10.1 Å². The molecular weight excluding hydrogens is 258 g/mol. The molecule has 0 unspecified atom stereocenters. The second kappa shape index (κ2) is 5.60. The summed E-state index contributed by atoms with van der Waals surface area (Å²) >= 11 is 0. The zero-order valence-electron chi connectivity index (χ0n) is 11.7. The van der Waals surface area contributed by atoms with Crippen molar-refractivity contribution >= 4 is 17.1 Å². The van der Waals surface area contributed by atoms with Gasteiger partial charge in [-0.25, -0.2) is 0 Å². The van der Waals surface area contributed by atoms with Gasteiger partial charge in [0.15, 0.2) is 0 Å². The van der Waals surface area contributed by atoms with Crippen molar-refractivity contribution in [2.24, 2.45) is 7.05 Å². The van der Waals surface area contributed by atoms with Gasteiger partial charge in [-0.15, -0.1) is 0 Å². The van der Waals surface area contributed by atoms with E-state index in [2.05, 4.69) is 10.4 Å². The fourth-order valence-electron chi connectivity index (χ4n) is 2.15. The highest BCUT2D eigenvalue weighted by Gasteiger charge is 2.21. The Balaban J connectivity index is 2.34. The van der Waals surface area contributed by atoms with Gasteiger partial charge in [0.2, 0.25) is 0 Å². The lowest BCUT2D eigenvalue weighted by atomic mass is 10.2. The SMILES string of the molecule is CNc1cccc(N(C)Cc2cnn(C)c2)c1[N+](=O)[O-]. The lowest BCUT2D eigenvalue weighted by Crippen LogP contribution is -2.18. The number of hydrogen-bond donors (Lipinski definition) is 1. The van der Waals surface area contributed by atoms with Gasteiger partial charge in [-0.1, -0.05) is 6.07 Å². The first-order valence-corrected chi connectivity index (χ1v) is 6.16. The maximum atomic E-state index is 11.3. The molecule has 7 heteroatoms. The molecule has 1 aromatic carbocycles. The largest absolute Gasteiger partial charge is 0.382 e. The summed E-state index contributed by atoms with van der Waals surface area (Å²) in [6.07, 6.45) is 3.65. The first-order valence-electron chi connectivity index (χ1n) is 6.16. The molecule has 0 saturated carbocycles. The van der Waals surface area contributed by atoms with Crippen molar-refractivity contribution in [2.45, 2.75) is 6.54 Å². The molecule has 2 rings (SSSR count). The average molecular weight is 275 g/mol. The van der Waals surface area contributed by atoms with Crippen molar-refractivity contribution < 1.29 is 4.92 Å². The maximum Gasteiger partial charge on any atom is 0.315 e. The van der Waals surface area contributed by atoms with Crippen molar-refractivity contribution in [2.75, 3.05) is 24.3 Å². The molecule has 1 N–H and O–H groups in total. The van der Waals surface area contributed by atoms with Crippen LogP contribution in [-0.4, -0.2) is 28.8 Å². The van der Waals surface area contributed by atoms with Gasteiger partial charge in [-0.2, -0.15) is 5.10 Å². The monoisotopic (exact) mass is 275 g/mol. The minimum Gasteiger partial charge on any atom is -0.382 e. The number of anilines is 2. The molecule has 20 heavy (non-hydrogen) atoms. The van der Waals surface area contributed by atoms with Gasteiger partial charge < -0.3 is 10.2 Å². The summed E-state index contributed by atoms with van der Waals surface area (Å²) in [7, 11) is 5.34. The van der Waals surface area contributed by atoms with E-state index in [1.807, 2.05) is 25.2 Å². The molecule has 0 atom stereocenters. The summed E-state index contributed by atoms with van der Waals surface area (Å²) in [4.78, 5) is 12.8. The van der Waals surface area contributed by atoms with Crippen LogP contribution < -0.4 is 10.2 Å². The number of aryl methyl sites for hydroxylation is 1. The Labute approximate surface area is 117 Å². The zero-order valence-corrected chi connectivity index (χ0v) is 11.7. The van der Waals surface area contributed by atoms with Crippen LogP contribution in [0.1, 0.15) is 5.56 Å². The smallest absolute Gasteiger partial charge is 0.315 e. The number of nitrogens with one attached hydrogen (secondary N) is 1. The van der Waals surface area contributed by atoms with Crippen LogP contribution in [0.2, 0.25) is 0 Å². The molecular formula is C13H17N5O2. The number of aromatic nitrogens is 2. The first kappa shape index (κ1) is 13.9. The summed E-state index contributed by atoms with van der Waals surface area (Å²) in [6.45, 7) is 0.557. The van der Waals surface area contributed by atoms with Gasteiger partial charge in [0, 0.05) is 39.4 Å². The van der Waals surface area contributed by atoms with Crippen molar-refractivity contribution in [1.82, 2.24) is 9.78 Å². The van der Waals surface area contributed by atoms with Gasteiger partial charge >= 0.3 is 5.69 Å². The van der Waals surface area contributed by atoms with E-state index in [0.29, 0.717) is 17.9 Å². The van der Waals surface area contributed by atoms with E-state index in [4.69, 9.17) is 0 Å². The summed E-state index contributed by atoms with van der Waals surface area (Å²) in [5.74, 6) is 0. The number of rotatable bonds is 5. The predicted molar refractivity (Wildman–Crippen MR) is 78.0 cm³/mol. The van der Waals surface area contributed by atoms with Crippen LogP contribution in [-0.2, 0) is 13.6 Å². The minimum absolute atomic E-state index is 0.0846. The third-order valence-electron chi connectivity index (χ3n) is 3.06.